The Labute approximate surface area is 237 Å². The molecule has 210 valence electrons. The van der Waals surface area contributed by atoms with E-state index < -0.39 is 12.1 Å². The van der Waals surface area contributed by atoms with Crippen LogP contribution >= 0.6 is 0 Å². The van der Waals surface area contributed by atoms with Gasteiger partial charge in [-0.2, -0.15) is 5.06 Å². The molecule has 2 fully saturated rings. The quantitative estimate of drug-likeness (QED) is 0.296. The Morgan fingerprint density at radius 3 is 1.93 bits per heavy atom. The van der Waals surface area contributed by atoms with E-state index in [-0.39, 0.29) is 23.2 Å². The average Bonchev–Trinajstić information content (AvgIpc) is 3.36. The van der Waals surface area contributed by atoms with Crippen molar-refractivity contribution in [3.05, 3.63) is 119 Å². The molecule has 0 unspecified atom stereocenters. The van der Waals surface area contributed by atoms with Crippen molar-refractivity contribution < 1.29 is 23.8 Å². The van der Waals surface area contributed by atoms with Crippen LogP contribution in [0, 0.1) is 17.3 Å². The van der Waals surface area contributed by atoms with Crippen molar-refractivity contribution >= 4 is 5.97 Å². The Bertz CT molecular complexity index is 1240. The van der Waals surface area contributed by atoms with Gasteiger partial charge in [-0.05, 0) is 22.6 Å². The molecule has 3 aromatic rings. The fourth-order valence-electron chi connectivity index (χ4n) is 5.39. The first-order chi connectivity index (χ1) is 19.3. The molecule has 0 spiro atoms. The number of benzene rings is 3. The molecule has 2 aliphatic heterocycles. The summed E-state index contributed by atoms with van der Waals surface area (Å²) in [6.07, 6.45) is -0.543. The summed E-state index contributed by atoms with van der Waals surface area (Å²) in [7, 11) is 0. The lowest BCUT2D eigenvalue weighted by atomic mass is 9.85. The molecule has 6 nitrogen and oxygen atoms in total. The number of hydrogen-bond acceptors (Lipinski definition) is 6. The van der Waals surface area contributed by atoms with Gasteiger partial charge < -0.3 is 14.2 Å². The number of nitrogens with zero attached hydrogens (tertiary/aromatic N) is 1. The smallest absolute Gasteiger partial charge is 0.327 e. The van der Waals surface area contributed by atoms with Crippen molar-refractivity contribution in [1.29, 1.82) is 0 Å². The molecular weight excluding hydrogens is 502 g/mol. The molecule has 0 amide bonds. The molecule has 0 bridgehead atoms. The van der Waals surface area contributed by atoms with Gasteiger partial charge in [-0.3, -0.25) is 9.63 Å². The highest BCUT2D eigenvalue weighted by Crippen LogP contribution is 2.41. The molecule has 40 heavy (non-hydrogen) atoms. The summed E-state index contributed by atoms with van der Waals surface area (Å²) in [4.78, 5) is 20.6. The fraction of sp³-hybridized carbons (Fsp3) is 0.382. The van der Waals surface area contributed by atoms with Gasteiger partial charge in [0.1, 0.15) is 6.04 Å². The van der Waals surface area contributed by atoms with E-state index >= 15 is 0 Å². The second kappa shape index (κ2) is 12.3. The standard InChI is InChI=1S/C34H39NO5/c1-24(2)29-28(33-37-22-34(3,4)23-38-33)20-35(39-21-25-14-8-5-9-15-25)30(29)32(36)40-31(26-16-10-6-11-17-26)27-18-12-7-13-19-27/h5-19,24,29-31H,20-23H2,1-4H3/t29-,30-/m1/s1. The third-order valence-corrected chi connectivity index (χ3v) is 7.47. The van der Waals surface area contributed by atoms with Gasteiger partial charge in [-0.15, -0.1) is 0 Å². The third kappa shape index (κ3) is 6.40. The molecular formula is C34H39NO5. The van der Waals surface area contributed by atoms with E-state index in [9.17, 15) is 4.79 Å². The maximum atomic E-state index is 14.2. The minimum absolute atomic E-state index is 0.0730. The van der Waals surface area contributed by atoms with Gasteiger partial charge in [-0.1, -0.05) is 119 Å². The Balaban J connectivity index is 1.48. The lowest BCUT2D eigenvalue weighted by molar-refractivity contribution is -0.202. The molecule has 0 saturated carbocycles. The Kier molecular flexibility index (Phi) is 8.57. The molecule has 2 atom stereocenters. The first-order valence-corrected chi connectivity index (χ1v) is 14.0. The predicted molar refractivity (Wildman–Crippen MR) is 154 cm³/mol. The summed E-state index contributed by atoms with van der Waals surface area (Å²) in [6.45, 7) is 10.3. The molecule has 3 aromatic carbocycles. The van der Waals surface area contributed by atoms with Gasteiger partial charge in [0.2, 0.25) is 0 Å². The van der Waals surface area contributed by atoms with Crippen molar-refractivity contribution in [2.24, 2.45) is 17.3 Å². The van der Waals surface area contributed by atoms with Crippen LogP contribution in [-0.4, -0.2) is 36.8 Å². The lowest BCUT2D eigenvalue weighted by Gasteiger charge is -2.33. The molecule has 2 saturated heterocycles. The van der Waals surface area contributed by atoms with Crippen LogP contribution in [-0.2, 0) is 30.4 Å². The summed E-state index contributed by atoms with van der Waals surface area (Å²) in [5, 5.41) is 1.77. The Morgan fingerprint density at radius 2 is 1.40 bits per heavy atom. The number of hydroxylamine groups is 2. The first-order valence-electron chi connectivity index (χ1n) is 14.0. The van der Waals surface area contributed by atoms with Crippen molar-refractivity contribution in [1.82, 2.24) is 5.06 Å². The van der Waals surface area contributed by atoms with E-state index in [1.807, 2.05) is 91.0 Å². The average molecular weight is 542 g/mol. The van der Waals surface area contributed by atoms with Crippen molar-refractivity contribution in [3.8, 4) is 0 Å². The number of carbonyl (C=O) groups is 1. The summed E-state index contributed by atoms with van der Waals surface area (Å²) >= 11 is 0. The second-order valence-corrected chi connectivity index (χ2v) is 11.7. The van der Waals surface area contributed by atoms with E-state index in [1.165, 1.54) is 0 Å². The fourth-order valence-corrected chi connectivity index (χ4v) is 5.39. The largest absolute Gasteiger partial charge is 0.465 e. The number of ether oxygens (including phenoxy) is 3. The zero-order chi connectivity index (χ0) is 28.1. The zero-order valence-electron chi connectivity index (χ0n) is 23.8. The van der Waals surface area contributed by atoms with Crippen LogP contribution in [0.1, 0.15) is 50.5 Å². The molecule has 2 aliphatic rings. The Morgan fingerprint density at radius 1 is 0.875 bits per heavy atom. The third-order valence-electron chi connectivity index (χ3n) is 7.47. The van der Waals surface area contributed by atoms with Crippen LogP contribution in [0.15, 0.2) is 103 Å². The zero-order valence-corrected chi connectivity index (χ0v) is 23.8. The summed E-state index contributed by atoms with van der Waals surface area (Å²) in [5.41, 5.74) is 3.72. The number of esters is 1. The number of hydrogen-bond donors (Lipinski definition) is 0. The molecule has 2 heterocycles. The molecule has 0 radical (unpaired) electrons. The number of carbonyl (C=O) groups excluding carboxylic acids is 1. The molecule has 0 aliphatic carbocycles. The minimum atomic E-state index is -0.664. The topological polar surface area (TPSA) is 57.2 Å². The SMILES string of the molecule is CC(C)[C@@H]1C(=C2OCC(C)(C)CO2)CN(OCc2ccccc2)[C@H]1C(=O)OC(c1ccccc1)c1ccccc1. The van der Waals surface area contributed by atoms with Crippen LogP contribution in [0.5, 0.6) is 0 Å². The molecule has 0 aromatic heterocycles. The summed E-state index contributed by atoms with van der Waals surface area (Å²) in [6, 6.07) is 29.0. The molecule has 6 heteroatoms. The van der Waals surface area contributed by atoms with Crippen LogP contribution in [0.25, 0.3) is 0 Å². The highest BCUT2D eigenvalue weighted by Gasteiger charge is 2.49. The van der Waals surface area contributed by atoms with Gasteiger partial charge in [0.25, 0.3) is 5.95 Å². The van der Waals surface area contributed by atoms with Crippen molar-refractivity contribution in [2.45, 2.75) is 46.4 Å². The van der Waals surface area contributed by atoms with Gasteiger partial charge in [-0.25, -0.2) is 0 Å². The highest BCUT2D eigenvalue weighted by molar-refractivity contribution is 5.78. The maximum absolute atomic E-state index is 14.2. The van der Waals surface area contributed by atoms with Gasteiger partial charge in [0, 0.05) is 16.9 Å². The van der Waals surface area contributed by atoms with Crippen LogP contribution in [0.4, 0.5) is 0 Å². The van der Waals surface area contributed by atoms with Gasteiger partial charge in [0.15, 0.2) is 6.10 Å². The second-order valence-electron chi connectivity index (χ2n) is 11.7. The lowest BCUT2D eigenvalue weighted by Crippen LogP contribution is -2.42. The highest BCUT2D eigenvalue weighted by atomic mass is 16.7. The van der Waals surface area contributed by atoms with E-state index in [1.54, 1.807) is 5.06 Å². The molecule has 0 N–H and O–H groups in total. The van der Waals surface area contributed by atoms with Crippen LogP contribution in [0.2, 0.25) is 0 Å². The molecule has 5 rings (SSSR count). The normalized spacial score (nSPS) is 20.9. The minimum Gasteiger partial charge on any atom is -0.465 e. The monoisotopic (exact) mass is 541 g/mol. The van der Waals surface area contributed by atoms with E-state index in [4.69, 9.17) is 19.0 Å². The van der Waals surface area contributed by atoms with Gasteiger partial charge >= 0.3 is 5.97 Å². The van der Waals surface area contributed by atoms with Crippen molar-refractivity contribution in [3.63, 3.8) is 0 Å². The van der Waals surface area contributed by atoms with Crippen LogP contribution < -0.4 is 0 Å². The first kappa shape index (κ1) is 27.9. The Hall–Kier alpha value is -3.61. The van der Waals surface area contributed by atoms with E-state index in [0.29, 0.717) is 32.3 Å². The van der Waals surface area contributed by atoms with E-state index in [2.05, 4.69) is 27.7 Å². The van der Waals surface area contributed by atoms with Gasteiger partial charge in [0.05, 0.1) is 26.4 Å². The van der Waals surface area contributed by atoms with Crippen LogP contribution in [0.3, 0.4) is 0 Å². The predicted octanol–water partition coefficient (Wildman–Crippen LogP) is 6.69. The summed E-state index contributed by atoms with van der Waals surface area (Å²) in [5.74, 6) is 0.0895. The van der Waals surface area contributed by atoms with Crippen molar-refractivity contribution in [2.75, 3.05) is 19.8 Å². The van der Waals surface area contributed by atoms with E-state index in [0.717, 1.165) is 22.3 Å². The number of rotatable bonds is 8. The summed E-state index contributed by atoms with van der Waals surface area (Å²) < 4.78 is 18.7. The maximum Gasteiger partial charge on any atom is 0.327 e.